The summed E-state index contributed by atoms with van der Waals surface area (Å²) in [5.74, 6) is 1.49. The molecule has 186 valence electrons. The molecule has 0 amide bonds. The van der Waals surface area contributed by atoms with Crippen molar-refractivity contribution >= 4 is 22.7 Å². The summed E-state index contributed by atoms with van der Waals surface area (Å²) in [6.07, 6.45) is 11.7. The summed E-state index contributed by atoms with van der Waals surface area (Å²) in [7, 11) is 0. The second-order valence-corrected chi connectivity index (χ2v) is 10.4. The van der Waals surface area contributed by atoms with Crippen molar-refractivity contribution in [2.45, 2.75) is 64.5 Å². The smallest absolute Gasteiger partial charge is 0.229 e. The molecule has 0 spiro atoms. The van der Waals surface area contributed by atoms with Crippen molar-refractivity contribution in [3.05, 3.63) is 72.1 Å². The highest BCUT2D eigenvalue weighted by molar-refractivity contribution is 5.79. The molecule has 1 aliphatic carbocycles. The van der Waals surface area contributed by atoms with E-state index in [4.69, 9.17) is 9.72 Å². The maximum Gasteiger partial charge on any atom is 0.229 e. The zero-order valence-electron chi connectivity index (χ0n) is 21.3. The van der Waals surface area contributed by atoms with Gasteiger partial charge in [0.05, 0.1) is 6.10 Å². The van der Waals surface area contributed by atoms with E-state index >= 15 is 0 Å². The van der Waals surface area contributed by atoms with Crippen LogP contribution in [0.25, 0.3) is 16.7 Å². The van der Waals surface area contributed by atoms with Crippen molar-refractivity contribution < 1.29 is 4.74 Å². The minimum atomic E-state index is 0.157. The van der Waals surface area contributed by atoms with Gasteiger partial charge in [0, 0.05) is 35.2 Å². The van der Waals surface area contributed by atoms with Gasteiger partial charge < -0.3 is 19.5 Å². The van der Waals surface area contributed by atoms with Gasteiger partial charge in [-0.3, -0.25) is 0 Å². The van der Waals surface area contributed by atoms with Crippen LogP contribution in [0.15, 0.2) is 60.9 Å². The standard InChI is InChI=1S/C30H35N5O/c1-21(2)36-28-13-11-27(12-14-28)35-18-15-24-20-31-30(33-29(24)35)32-25-8-5-22-6-9-26(10-7-23(22)19-25)34-16-3-4-17-34/h5,8,11-15,18-21,26H,3-4,6-7,9-10,16-17H2,1-2H3,(H,31,32,33). The van der Waals surface area contributed by atoms with E-state index in [1.54, 1.807) is 0 Å². The molecule has 1 N–H and O–H groups in total. The van der Waals surface area contributed by atoms with E-state index in [-0.39, 0.29) is 6.10 Å². The predicted octanol–water partition coefficient (Wildman–Crippen LogP) is 6.29. The van der Waals surface area contributed by atoms with Gasteiger partial charge in [0.2, 0.25) is 5.95 Å². The highest BCUT2D eigenvalue weighted by Gasteiger charge is 2.24. The third-order valence-electron chi connectivity index (χ3n) is 7.53. The van der Waals surface area contributed by atoms with E-state index in [9.17, 15) is 0 Å². The van der Waals surface area contributed by atoms with Crippen LogP contribution in [-0.4, -0.2) is 44.7 Å². The number of rotatable bonds is 6. The van der Waals surface area contributed by atoms with E-state index in [1.807, 2.05) is 38.4 Å². The number of aryl methyl sites for hydroxylation is 2. The first-order valence-corrected chi connectivity index (χ1v) is 13.4. The Bertz CT molecular complexity index is 1340. The lowest BCUT2D eigenvalue weighted by atomic mass is 10.0. The fraction of sp³-hybridized carbons (Fsp3) is 0.400. The third kappa shape index (κ3) is 4.82. The summed E-state index contributed by atoms with van der Waals surface area (Å²) in [6, 6.07) is 17.7. The summed E-state index contributed by atoms with van der Waals surface area (Å²) in [5.41, 5.74) is 5.95. The van der Waals surface area contributed by atoms with Crippen LogP contribution in [0.5, 0.6) is 5.75 Å². The van der Waals surface area contributed by atoms with Crippen molar-refractivity contribution in [2.75, 3.05) is 18.4 Å². The molecule has 1 saturated heterocycles. The fourth-order valence-electron chi connectivity index (χ4n) is 5.71. The van der Waals surface area contributed by atoms with Gasteiger partial charge in [-0.25, -0.2) is 4.98 Å². The molecule has 1 aliphatic heterocycles. The SMILES string of the molecule is CC(C)Oc1ccc(-n2ccc3cnc(Nc4ccc5c(c4)CCC(N4CCCC4)CC5)nc32)cc1. The Hall–Kier alpha value is -3.38. The van der Waals surface area contributed by atoms with E-state index in [0.717, 1.165) is 40.6 Å². The molecule has 2 aliphatic rings. The van der Waals surface area contributed by atoms with Crippen LogP contribution in [0.3, 0.4) is 0 Å². The number of ether oxygens (including phenoxy) is 1. The Morgan fingerprint density at radius 2 is 1.72 bits per heavy atom. The number of hydrogen-bond donors (Lipinski definition) is 1. The van der Waals surface area contributed by atoms with Gasteiger partial charge in [-0.05, 0) is 119 Å². The zero-order valence-corrected chi connectivity index (χ0v) is 21.3. The molecule has 0 saturated carbocycles. The van der Waals surface area contributed by atoms with E-state index in [0.29, 0.717) is 5.95 Å². The molecule has 6 nitrogen and oxygen atoms in total. The Morgan fingerprint density at radius 1 is 0.944 bits per heavy atom. The van der Waals surface area contributed by atoms with Gasteiger partial charge >= 0.3 is 0 Å². The summed E-state index contributed by atoms with van der Waals surface area (Å²) in [6.45, 7) is 6.64. The minimum absolute atomic E-state index is 0.157. The van der Waals surface area contributed by atoms with E-state index in [2.05, 4.69) is 56.2 Å². The van der Waals surface area contributed by atoms with Crippen molar-refractivity contribution in [1.82, 2.24) is 19.4 Å². The van der Waals surface area contributed by atoms with Crippen molar-refractivity contribution in [2.24, 2.45) is 0 Å². The molecule has 0 radical (unpaired) electrons. The van der Waals surface area contributed by atoms with Crippen LogP contribution < -0.4 is 10.1 Å². The Kier molecular flexibility index (Phi) is 6.36. The third-order valence-corrected chi connectivity index (χ3v) is 7.53. The maximum atomic E-state index is 5.79. The molecule has 36 heavy (non-hydrogen) atoms. The summed E-state index contributed by atoms with van der Waals surface area (Å²) < 4.78 is 7.89. The highest BCUT2D eigenvalue weighted by atomic mass is 16.5. The molecule has 1 fully saturated rings. The summed E-state index contributed by atoms with van der Waals surface area (Å²) >= 11 is 0. The van der Waals surface area contributed by atoms with Gasteiger partial charge in [0.15, 0.2) is 0 Å². The number of likely N-dealkylation sites (tertiary alicyclic amines) is 1. The fourth-order valence-corrected chi connectivity index (χ4v) is 5.71. The lowest BCUT2D eigenvalue weighted by molar-refractivity contribution is 0.222. The molecule has 1 atom stereocenters. The van der Waals surface area contributed by atoms with E-state index < -0.39 is 0 Å². The van der Waals surface area contributed by atoms with Crippen LogP contribution in [0, 0.1) is 0 Å². The average Bonchev–Trinajstić information content (AvgIpc) is 3.51. The predicted molar refractivity (Wildman–Crippen MR) is 146 cm³/mol. The van der Waals surface area contributed by atoms with Crippen LogP contribution in [-0.2, 0) is 12.8 Å². The van der Waals surface area contributed by atoms with Crippen LogP contribution in [0.1, 0.15) is 50.7 Å². The molecule has 2 aromatic carbocycles. The molecule has 2 aromatic heterocycles. The second kappa shape index (κ2) is 9.94. The normalized spacial score (nSPS) is 18.4. The van der Waals surface area contributed by atoms with Crippen molar-refractivity contribution in [3.63, 3.8) is 0 Å². The van der Waals surface area contributed by atoms with Gasteiger partial charge in [0.25, 0.3) is 0 Å². The largest absolute Gasteiger partial charge is 0.491 e. The molecule has 3 heterocycles. The number of anilines is 2. The molecular formula is C30H35N5O. The quantitative estimate of drug-likeness (QED) is 0.328. The monoisotopic (exact) mass is 481 g/mol. The van der Waals surface area contributed by atoms with Gasteiger partial charge in [-0.1, -0.05) is 6.07 Å². The number of benzene rings is 2. The van der Waals surface area contributed by atoms with E-state index in [1.165, 1.54) is 56.3 Å². The lowest BCUT2D eigenvalue weighted by Crippen LogP contribution is -2.32. The molecule has 1 unspecified atom stereocenters. The first kappa shape index (κ1) is 23.0. The van der Waals surface area contributed by atoms with Crippen LogP contribution >= 0.6 is 0 Å². The Morgan fingerprint density at radius 3 is 2.50 bits per heavy atom. The second-order valence-electron chi connectivity index (χ2n) is 10.4. The Balaban J connectivity index is 1.20. The first-order valence-electron chi connectivity index (χ1n) is 13.4. The molecule has 6 heteroatoms. The minimum Gasteiger partial charge on any atom is -0.491 e. The summed E-state index contributed by atoms with van der Waals surface area (Å²) in [4.78, 5) is 12.2. The molecule has 4 aromatic rings. The van der Waals surface area contributed by atoms with Gasteiger partial charge in [-0.15, -0.1) is 0 Å². The van der Waals surface area contributed by atoms with Crippen LogP contribution in [0.4, 0.5) is 11.6 Å². The average molecular weight is 482 g/mol. The van der Waals surface area contributed by atoms with Gasteiger partial charge in [-0.2, -0.15) is 4.98 Å². The number of nitrogens with zero attached hydrogens (tertiary/aromatic N) is 4. The summed E-state index contributed by atoms with van der Waals surface area (Å²) in [5, 5.41) is 4.48. The van der Waals surface area contributed by atoms with Gasteiger partial charge in [0.1, 0.15) is 11.4 Å². The number of hydrogen-bond acceptors (Lipinski definition) is 5. The maximum absolute atomic E-state index is 5.79. The van der Waals surface area contributed by atoms with Crippen molar-refractivity contribution in [3.8, 4) is 11.4 Å². The molecule has 6 rings (SSSR count). The molecular weight excluding hydrogens is 446 g/mol. The first-order chi connectivity index (χ1) is 17.6. The van der Waals surface area contributed by atoms with Crippen molar-refractivity contribution in [1.29, 1.82) is 0 Å². The zero-order chi connectivity index (χ0) is 24.5. The van der Waals surface area contributed by atoms with Crippen LogP contribution in [0.2, 0.25) is 0 Å². The lowest BCUT2D eigenvalue weighted by Gasteiger charge is -2.25. The molecule has 0 bridgehead atoms. The highest BCUT2D eigenvalue weighted by Crippen LogP contribution is 2.29. The number of nitrogens with one attached hydrogen (secondary N) is 1. The number of fused-ring (bicyclic) bond motifs is 2. The topological polar surface area (TPSA) is 55.2 Å². The number of aromatic nitrogens is 3. The Labute approximate surface area is 213 Å².